The van der Waals surface area contributed by atoms with Crippen molar-refractivity contribution in [2.24, 2.45) is 0 Å². The molecule has 0 aliphatic heterocycles. The minimum atomic E-state index is 0.264. The second kappa shape index (κ2) is 5.84. The minimum absolute atomic E-state index is 0.264. The van der Waals surface area contributed by atoms with Crippen LogP contribution in [-0.4, -0.2) is 15.0 Å². The van der Waals surface area contributed by atoms with E-state index in [1.807, 2.05) is 18.6 Å². The van der Waals surface area contributed by atoms with E-state index in [4.69, 9.17) is 0 Å². The maximum Gasteiger partial charge on any atom is 0.115 e. The van der Waals surface area contributed by atoms with Crippen LogP contribution in [-0.2, 0) is 13.0 Å². The second-order valence-electron chi connectivity index (χ2n) is 3.87. The Morgan fingerprint density at radius 1 is 1.29 bits per heavy atom. The Morgan fingerprint density at radius 2 is 2.06 bits per heavy atom. The molecule has 1 unspecified atom stereocenters. The summed E-state index contributed by atoms with van der Waals surface area (Å²) in [6.07, 6.45) is 8.21. The topological polar surface area (TPSA) is 50.7 Å². The van der Waals surface area contributed by atoms with E-state index in [9.17, 15) is 0 Å². The van der Waals surface area contributed by atoms with Gasteiger partial charge < -0.3 is 5.32 Å². The molecule has 2 aromatic rings. The summed E-state index contributed by atoms with van der Waals surface area (Å²) < 4.78 is 0. The number of aryl methyl sites for hydroxylation is 1. The molecule has 0 aliphatic carbocycles. The van der Waals surface area contributed by atoms with Gasteiger partial charge in [-0.25, -0.2) is 15.0 Å². The van der Waals surface area contributed by atoms with Crippen molar-refractivity contribution in [2.75, 3.05) is 0 Å². The highest BCUT2D eigenvalue weighted by molar-refractivity contribution is 7.11. The fourth-order valence-corrected chi connectivity index (χ4v) is 2.35. The molecule has 0 spiro atoms. The Kier molecular flexibility index (Phi) is 4.17. The van der Waals surface area contributed by atoms with Gasteiger partial charge in [-0.2, -0.15) is 0 Å². The van der Waals surface area contributed by atoms with Gasteiger partial charge in [-0.3, -0.25) is 0 Å². The third-order valence-electron chi connectivity index (χ3n) is 2.52. The molecule has 1 atom stereocenters. The van der Waals surface area contributed by atoms with Crippen LogP contribution in [0.15, 0.2) is 24.9 Å². The average molecular weight is 248 g/mol. The number of nitrogens with zero attached hydrogens (tertiary/aromatic N) is 3. The fourth-order valence-electron chi connectivity index (χ4n) is 1.47. The number of rotatable bonds is 5. The van der Waals surface area contributed by atoms with E-state index in [-0.39, 0.29) is 6.04 Å². The van der Waals surface area contributed by atoms with E-state index in [0.717, 1.165) is 23.5 Å². The monoisotopic (exact) mass is 248 g/mol. The lowest BCUT2D eigenvalue weighted by Crippen LogP contribution is -2.18. The average Bonchev–Trinajstić information content (AvgIpc) is 2.86. The molecular weight excluding hydrogens is 232 g/mol. The fraction of sp³-hybridized carbons (Fsp3) is 0.417. The van der Waals surface area contributed by atoms with E-state index in [2.05, 4.69) is 34.1 Å². The Hall–Kier alpha value is -1.33. The second-order valence-corrected chi connectivity index (χ2v) is 5.01. The molecule has 2 aromatic heterocycles. The van der Waals surface area contributed by atoms with Crippen LogP contribution >= 0.6 is 11.3 Å². The number of nitrogens with one attached hydrogen (secondary N) is 1. The summed E-state index contributed by atoms with van der Waals surface area (Å²) in [5.74, 6) is 0. The highest BCUT2D eigenvalue weighted by Gasteiger charge is 2.09. The molecule has 0 saturated heterocycles. The standard InChI is InChI=1S/C12H16N4S/c1-3-11-7-16-12(17-11)9(2)15-6-10-4-13-8-14-5-10/h4-5,7-9,15H,3,6H2,1-2H3. The zero-order valence-corrected chi connectivity index (χ0v) is 10.9. The number of thiazole rings is 1. The van der Waals surface area contributed by atoms with Gasteiger partial charge in [0.1, 0.15) is 11.3 Å². The lowest BCUT2D eigenvalue weighted by atomic mass is 10.3. The van der Waals surface area contributed by atoms with Crippen LogP contribution in [0.5, 0.6) is 0 Å². The Morgan fingerprint density at radius 3 is 2.71 bits per heavy atom. The molecule has 2 rings (SSSR count). The summed E-state index contributed by atoms with van der Waals surface area (Å²) in [4.78, 5) is 13.7. The first kappa shape index (κ1) is 12.1. The molecule has 0 saturated carbocycles. The van der Waals surface area contributed by atoms with Gasteiger partial charge in [-0.15, -0.1) is 11.3 Å². The molecule has 0 fully saturated rings. The first-order valence-corrected chi connectivity index (χ1v) is 6.53. The van der Waals surface area contributed by atoms with Gasteiger partial charge in [0.2, 0.25) is 0 Å². The quantitative estimate of drug-likeness (QED) is 0.882. The van der Waals surface area contributed by atoms with Gasteiger partial charge in [0.15, 0.2) is 0 Å². The molecular formula is C12H16N4S. The molecule has 4 nitrogen and oxygen atoms in total. The number of hydrogen-bond acceptors (Lipinski definition) is 5. The van der Waals surface area contributed by atoms with E-state index >= 15 is 0 Å². The van der Waals surface area contributed by atoms with Crippen molar-refractivity contribution >= 4 is 11.3 Å². The van der Waals surface area contributed by atoms with Crippen LogP contribution in [0.3, 0.4) is 0 Å². The molecule has 0 amide bonds. The molecule has 90 valence electrons. The van der Waals surface area contributed by atoms with E-state index in [0.29, 0.717) is 0 Å². The van der Waals surface area contributed by atoms with Crippen molar-refractivity contribution in [3.8, 4) is 0 Å². The van der Waals surface area contributed by atoms with Crippen LogP contribution in [0.1, 0.15) is 35.3 Å². The summed E-state index contributed by atoms with van der Waals surface area (Å²) in [5, 5.41) is 4.56. The highest BCUT2D eigenvalue weighted by Crippen LogP contribution is 2.20. The summed E-state index contributed by atoms with van der Waals surface area (Å²) in [7, 11) is 0. The Bertz CT molecular complexity index is 455. The van der Waals surface area contributed by atoms with Crippen molar-refractivity contribution in [1.29, 1.82) is 0 Å². The molecule has 0 bridgehead atoms. The van der Waals surface area contributed by atoms with Crippen molar-refractivity contribution < 1.29 is 0 Å². The van der Waals surface area contributed by atoms with Crippen LogP contribution in [0.2, 0.25) is 0 Å². The van der Waals surface area contributed by atoms with Crippen molar-refractivity contribution in [2.45, 2.75) is 32.9 Å². The molecule has 1 N–H and O–H groups in total. The maximum atomic E-state index is 4.42. The third-order valence-corrected chi connectivity index (χ3v) is 3.84. The van der Waals surface area contributed by atoms with E-state index < -0.39 is 0 Å². The highest BCUT2D eigenvalue weighted by atomic mass is 32.1. The first-order valence-electron chi connectivity index (χ1n) is 5.71. The zero-order valence-electron chi connectivity index (χ0n) is 10.1. The Labute approximate surface area is 105 Å². The van der Waals surface area contributed by atoms with E-state index in [1.54, 1.807) is 17.7 Å². The lowest BCUT2D eigenvalue weighted by Gasteiger charge is -2.10. The molecule has 2 heterocycles. The van der Waals surface area contributed by atoms with Crippen LogP contribution in [0.25, 0.3) is 0 Å². The van der Waals surface area contributed by atoms with Gasteiger partial charge in [0.05, 0.1) is 6.04 Å². The van der Waals surface area contributed by atoms with E-state index in [1.165, 1.54) is 4.88 Å². The van der Waals surface area contributed by atoms with Crippen molar-refractivity contribution in [3.05, 3.63) is 40.4 Å². The number of aromatic nitrogens is 3. The van der Waals surface area contributed by atoms with Crippen LogP contribution in [0, 0.1) is 0 Å². The van der Waals surface area contributed by atoms with Gasteiger partial charge in [-0.1, -0.05) is 6.92 Å². The largest absolute Gasteiger partial charge is 0.304 e. The molecule has 17 heavy (non-hydrogen) atoms. The first-order chi connectivity index (χ1) is 8.29. The molecule has 0 aromatic carbocycles. The predicted molar refractivity (Wildman–Crippen MR) is 68.8 cm³/mol. The SMILES string of the molecule is CCc1cnc(C(C)NCc2cncnc2)s1. The molecule has 0 radical (unpaired) electrons. The Balaban J connectivity index is 1.91. The summed E-state index contributed by atoms with van der Waals surface area (Å²) >= 11 is 1.77. The summed E-state index contributed by atoms with van der Waals surface area (Å²) in [5.41, 5.74) is 1.09. The van der Waals surface area contributed by atoms with Crippen molar-refractivity contribution in [3.63, 3.8) is 0 Å². The predicted octanol–water partition coefficient (Wildman–Crippen LogP) is 2.35. The smallest absolute Gasteiger partial charge is 0.115 e. The normalized spacial score (nSPS) is 12.6. The van der Waals surface area contributed by atoms with Crippen molar-refractivity contribution in [1.82, 2.24) is 20.3 Å². The summed E-state index contributed by atoms with van der Waals surface area (Å²) in [6.45, 7) is 5.04. The van der Waals surface area contributed by atoms with Crippen LogP contribution in [0.4, 0.5) is 0 Å². The minimum Gasteiger partial charge on any atom is -0.304 e. The molecule has 0 aliphatic rings. The summed E-state index contributed by atoms with van der Waals surface area (Å²) in [6, 6.07) is 0.264. The maximum absolute atomic E-state index is 4.42. The van der Waals surface area contributed by atoms with Gasteiger partial charge in [0.25, 0.3) is 0 Å². The third kappa shape index (κ3) is 3.31. The zero-order chi connectivity index (χ0) is 12.1. The van der Waals surface area contributed by atoms with Gasteiger partial charge >= 0.3 is 0 Å². The van der Waals surface area contributed by atoms with Gasteiger partial charge in [0, 0.05) is 35.6 Å². The van der Waals surface area contributed by atoms with Gasteiger partial charge in [-0.05, 0) is 13.3 Å². The molecule has 5 heteroatoms. The number of hydrogen-bond donors (Lipinski definition) is 1. The lowest BCUT2D eigenvalue weighted by molar-refractivity contribution is 0.570. The van der Waals surface area contributed by atoms with Crippen LogP contribution < -0.4 is 5.32 Å².